The van der Waals surface area contributed by atoms with Gasteiger partial charge in [0.25, 0.3) is 11.3 Å². The van der Waals surface area contributed by atoms with Crippen LogP contribution in [-0.2, 0) is 25.7 Å². The van der Waals surface area contributed by atoms with E-state index in [1.54, 1.807) is 45.9 Å². The first-order valence-corrected chi connectivity index (χ1v) is 7.61. The number of hydrogen-bond acceptors (Lipinski definition) is 4. The van der Waals surface area contributed by atoms with Gasteiger partial charge in [-0.05, 0) is 33.3 Å². The number of amides is 1. The summed E-state index contributed by atoms with van der Waals surface area (Å²) in [6.45, 7) is 7.15. The van der Waals surface area contributed by atoms with Gasteiger partial charge in [-0.2, -0.15) is 4.31 Å². The molecule has 0 aromatic heterocycles. The third kappa shape index (κ3) is 3.29. The molecule has 1 aromatic carbocycles. The summed E-state index contributed by atoms with van der Waals surface area (Å²) in [5.74, 6) is 0. The molecule has 112 valence electrons. The van der Waals surface area contributed by atoms with Crippen molar-refractivity contribution in [3.8, 4) is 0 Å². The maximum Gasteiger partial charge on any atom is 0.424 e. The molecule has 2 unspecified atom stereocenters. The maximum atomic E-state index is 12.3. The van der Waals surface area contributed by atoms with Crippen LogP contribution in [0.1, 0.15) is 33.3 Å². The number of benzene rings is 1. The normalized spacial score (nSPS) is 25.9. The van der Waals surface area contributed by atoms with Gasteiger partial charge in [0, 0.05) is 0 Å². The van der Waals surface area contributed by atoms with Crippen LogP contribution in [0.2, 0.25) is 0 Å². The molecule has 0 bridgehead atoms. The third-order valence-electron chi connectivity index (χ3n) is 3.11. The van der Waals surface area contributed by atoms with E-state index in [9.17, 15) is 9.00 Å². The average molecular weight is 307 g/mol. The average Bonchev–Trinajstić information content (AvgIpc) is 2.64. The lowest BCUT2D eigenvalue weighted by Crippen LogP contribution is -2.47. The fourth-order valence-corrected chi connectivity index (χ4v) is 3.16. The SMILES string of the molecule is [B]c1cccc(C2(C)COS(=O)N2C(=O)OC(C)(C)C)c1. The molecular weight excluding hydrogens is 289 g/mol. The minimum Gasteiger partial charge on any atom is -0.443 e. The van der Waals surface area contributed by atoms with Gasteiger partial charge in [-0.3, -0.25) is 4.18 Å². The number of ether oxygens (including phenoxy) is 1. The van der Waals surface area contributed by atoms with Gasteiger partial charge in [0.2, 0.25) is 0 Å². The Morgan fingerprint density at radius 2 is 2.14 bits per heavy atom. The van der Waals surface area contributed by atoms with Crippen molar-refractivity contribution < 1.29 is 17.9 Å². The zero-order valence-corrected chi connectivity index (χ0v) is 13.4. The first-order valence-electron chi connectivity index (χ1n) is 6.58. The van der Waals surface area contributed by atoms with Crippen molar-refractivity contribution in [3.63, 3.8) is 0 Å². The highest BCUT2D eigenvalue weighted by Crippen LogP contribution is 2.36. The number of hydrogen-bond donors (Lipinski definition) is 0. The van der Waals surface area contributed by atoms with Crippen molar-refractivity contribution in [3.05, 3.63) is 29.8 Å². The van der Waals surface area contributed by atoms with Gasteiger partial charge < -0.3 is 4.74 Å². The second-order valence-electron chi connectivity index (χ2n) is 6.15. The Balaban J connectivity index is 2.38. The topological polar surface area (TPSA) is 55.8 Å². The van der Waals surface area contributed by atoms with Crippen molar-refractivity contribution in [2.75, 3.05) is 6.61 Å². The molecule has 1 amide bonds. The summed E-state index contributed by atoms with van der Waals surface area (Å²) in [5, 5.41) is 0. The Hall–Kier alpha value is -1.34. The summed E-state index contributed by atoms with van der Waals surface area (Å²) in [6, 6.07) is 7.09. The van der Waals surface area contributed by atoms with Crippen LogP contribution >= 0.6 is 0 Å². The predicted octanol–water partition coefficient (Wildman–Crippen LogP) is 1.54. The molecule has 1 aromatic rings. The van der Waals surface area contributed by atoms with Gasteiger partial charge in [0.15, 0.2) is 0 Å². The standard InChI is InChI=1S/C14H18BNO4S/c1-13(2,3)20-12(17)16-14(4,9-19-21(16)18)10-6-5-7-11(15)8-10/h5-8H,9H2,1-4H3. The monoisotopic (exact) mass is 307 g/mol. The molecule has 1 heterocycles. The maximum absolute atomic E-state index is 12.3. The van der Waals surface area contributed by atoms with Crippen LogP contribution in [0.3, 0.4) is 0 Å². The Kier molecular flexibility index (Phi) is 4.17. The van der Waals surface area contributed by atoms with Crippen molar-refractivity contribution in [2.45, 2.75) is 38.8 Å². The lowest BCUT2D eigenvalue weighted by molar-refractivity contribution is 0.0271. The molecule has 2 atom stereocenters. The summed E-state index contributed by atoms with van der Waals surface area (Å²) in [6.07, 6.45) is -0.678. The molecule has 21 heavy (non-hydrogen) atoms. The van der Waals surface area contributed by atoms with Gasteiger partial charge in [0.1, 0.15) is 19.0 Å². The molecule has 2 rings (SSSR count). The molecule has 1 fully saturated rings. The van der Waals surface area contributed by atoms with Gasteiger partial charge in [-0.15, -0.1) is 0 Å². The molecule has 0 saturated carbocycles. The molecule has 0 aliphatic carbocycles. The number of carbonyl (C=O) groups excluding carboxylic acids is 1. The Morgan fingerprint density at radius 3 is 2.71 bits per heavy atom. The smallest absolute Gasteiger partial charge is 0.424 e. The second-order valence-corrected chi connectivity index (χ2v) is 7.19. The van der Waals surface area contributed by atoms with Crippen molar-refractivity contribution in [1.29, 1.82) is 0 Å². The highest BCUT2D eigenvalue weighted by atomic mass is 32.2. The molecule has 1 saturated heterocycles. The molecule has 5 nitrogen and oxygen atoms in total. The second kappa shape index (κ2) is 5.46. The summed E-state index contributed by atoms with van der Waals surface area (Å²) in [4.78, 5) is 12.3. The van der Waals surface area contributed by atoms with Gasteiger partial charge in [-0.1, -0.05) is 29.7 Å². The fraction of sp³-hybridized carbons (Fsp3) is 0.500. The number of carbonyl (C=O) groups is 1. The highest BCUT2D eigenvalue weighted by molar-refractivity contribution is 7.78. The van der Waals surface area contributed by atoms with Gasteiger partial charge in [0.05, 0.1) is 6.61 Å². The number of rotatable bonds is 1. The molecule has 0 N–H and O–H groups in total. The molecule has 7 heteroatoms. The number of nitrogens with zero attached hydrogens (tertiary/aromatic N) is 1. The van der Waals surface area contributed by atoms with Crippen molar-refractivity contribution in [1.82, 2.24) is 4.31 Å². The highest BCUT2D eigenvalue weighted by Gasteiger charge is 2.49. The van der Waals surface area contributed by atoms with E-state index < -0.39 is 28.5 Å². The largest absolute Gasteiger partial charge is 0.443 e. The van der Waals surface area contributed by atoms with Crippen LogP contribution in [0.15, 0.2) is 24.3 Å². The zero-order valence-electron chi connectivity index (χ0n) is 12.6. The summed E-state index contributed by atoms with van der Waals surface area (Å²) >= 11 is -1.88. The van der Waals surface area contributed by atoms with E-state index in [1.807, 2.05) is 6.07 Å². The first kappa shape index (κ1) is 16.0. The molecular formula is C14H18BNO4S. The lowest BCUT2D eigenvalue weighted by atomic mass is 9.87. The van der Waals surface area contributed by atoms with Crippen LogP contribution in [0.25, 0.3) is 0 Å². The van der Waals surface area contributed by atoms with Crippen LogP contribution < -0.4 is 5.46 Å². The van der Waals surface area contributed by atoms with E-state index in [0.717, 1.165) is 9.87 Å². The quantitative estimate of drug-likeness (QED) is 0.739. The molecule has 0 spiro atoms. The fourth-order valence-electron chi connectivity index (χ4n) is 2.08. The minimum absolute atomic E-state index is 0.113. The van der Waals surface area contributed by atoms with Gasteiger partial charge in [-0.25, -0.2) is 9.00 Å². The van der Waals surface area contributed by atoms with Crippen molar-refractivity contribution >= 4 is 30.7 Å². The molecule has 1 aliphatic rings. The summed E-state index contributed by atoms with van der Waals surface area (Å²) < 4.78 is 23.7. The molecule has 2 radical (unpaired) electrons. The predicted molar refractivity (Wildman–Crippen MR) is 81.3 cm³/mol. The summed E-state index contributed by atoms with van der Waals surface area (Å²) in [5.41, 5.74) is -0.252. The molecule has 1 aliphatic heterocycles. The van der Waals surface area contributed by atoms with Crippen LogP contribution in [0.4, 0.5) is 4.79 Å². The van der Waals surface area contributed by atoms with Gasteiger partial charge >= 0.3 is 6.09 Å². The van der Waals surface area contributed by atoms with Crippen LogP contribution in [-0.4, -0.2) is 34.7 Å². The van der Waals surface area contributed by atoms with E-state index in [0.29, 0.717) is 5.46 Å². The van der Waals surface area contributed by atoms with E-state index >= 15 is 0 Å². The zero-order chi connectivity index (χ0) is 15.8. The third-order valence-corrected chi connectivity index (χ3v) is 4.28. The van der Waals surface area contributed by atoms with Crippen molar-refractivity contribution in [2.24, 2.45) is 0 Å². The van der Waals surface area contributed by atoms with E-state index in [1.165, 1.54) is 0 Å². The van der Waals surface area contributed by atoms with E-state index in [2.05, 4.69) is 0 Å². The lowest BCUT2D eigenvalue weighted by Gasteiger charge is -2.33. The van der Waals surface area contributed by atoms with E-state index in [4.69, 9.17) is 16.8 Å². The summed E-state index contributed by atoms with van der Waals surface area (Å²) in [7, 11) is 5.79. The Labute approximate surface area is 128 Å². The van der Waals surface area contributed by atoms with Crippen LogP contribution in [0.5, 0.6) is 0 Å². The Morgan fingerprint density at radius 1 is 1.48 bits per heavy atom. The minimum atomic E-state index is -1.88. The first-order chi connectivity index (χ1) is 9.63. The van der Waals surface area contributed by atoms with E-state index in [-0.39, 0.29) is 6.61 Å². The van der Waals surface area contributed by atoms with Crippen LogP contribution in [0, 0.1) is 0 Å². The Bertz CT molecular complexity index is 587.